The van der Waals surface area contributed by atoms with Gasteiger partial charge in [0.15, 0.2) is 0 Å². The molecule has 0 heterocycles. The van der Waals surface area contributed by atoms with Crippen molar-refractivity contribution in [3.8, 4) is 5.75 Å². The third kappa shape index (κ3) is 1.68. The Balaban J connectivity index is 3.15. The molecule has 0 saturated carbocycles. The highest BCUT2D eigenvalue weighted by molar-refractivity contribution is 9.10. The number of hydrogen-bond donors (Lipinski definition) is 2. The van der Waals surface area contributed by atoms with Gasteiger partial charge < -0.3 is 10.8 Å². The Hall–Kier alpha value is -0.800. The van der Waals surface area contributed by atoms with Gasteiger partial charge in [-0.2, -0.15) is 0 Å². The van der Waals surface area contributed by atoms with Crippen LogP contribution in [0.3, 0.4) is 0 Å². The first-order chi connectivity index (χ1) is 5.66. The topological polar surface area (TPSA) is 46.2 Å². The summed E-state index contributed by atoms with van der Waals surface area (Å²) in [7, 11) is 0. The summed E-state index contributed by atoms with van der Waals surface area (Å²) in [6.45, 7) is 3.58. The maximum absolute atomic E-state index is 9.31. The molecule has 0 bridgehead atoms. The Labute approximate surface area is 79.8 Å². The number of phenolic OH excluding ortho intramolecular Hbond substituents is 1. The molecule has 1 aromatic rings. The monoisotopic (exact) mass is 227 g/mol. The Bertz CT molecular complexity index is 299. The van der Waals surface area contributed by atoms with Crippen molar-refractivity contribution in [2.75, 3.05) is 0 Å². The van der Waals surface area contributed by atoms with Crippen LogP contribution in [0.4, 0.5) is 0 Å². The van der Waals surface area contributed by atoms with Crippen LogP contribution < -0.4 is 5.73 Å². The summed E-state index contributed by atoms with van der Waals surface area (Å²) in [5.41, 5.74) is 6.54. The Morgan fingerprint density at radius 1 is 1.58 bits per heavy atom. The van der Waals surface area contributed by atoms with Gasteiger partial charge in [0.2, 0.25) is 0 Å². The molecule has 1 aromatic carbocycles. The summed E-state index contributed by atoms with van der Waals surface area (Å²) < 4.78 is 0.636. The molecule has 0 aliphatic heterocycles. The van der Waals surface area contributed by atoms with Crippen molar-refractivity contribution < 1.29 is 5.11 Å². The van der Waals surface area contributed by atoms with E-state index in [2.05, 4.69) is 22.5 Å². The van der Waals surface area contributed by atoms with Crippen molar-refractivity contribution in [2.45, 2.75) is 6.04 Å². The molecular weight excluding hydrogens is 218 g/mol. The van der Waals surface area contributed by atoms with Crippen molar-refractivity contribution in [2.24, 2.45) is 5.73 Å². The molecule has 0 amide bonds. The fraction of sp³-hybridized carbons (Fsp3) is 0.111. The molecule has 2 nitrogen and oxygen atoms in total. The molecule has 0 aromatic heterocycles. The molecular formula is C9H10BrNO. The van der Waals surface area contributed by atoms with E-state index in [0.717, 1.165) is 5.56 Å². The van der Waals surface area contributed by atoms with Crippen LogP contribution in [0, 0.1) is 0 Å². The van der Waals surface area contributed by atoms with Gasteiger partial charge in [0.05, 0.1) is 4.47 Å². The fourth-order valence-corrected chi connectivity index (χ4v) is 1.45. The second-order valence-corrected chi connectivity index (χ2v) is 3.23. The standard InChI is InChI=1S/C9H10BrNO/c1-2-7(11)6-4-3-5-8(12)9(6)10/h2-5,7,12H,1,11H2. The zero-order valence-corrected chi connectivity index (χ0v) is 8.08. The third-order valence-electron chi connectivity index (χ3n) is 1.62. The highest BCUT2D eigenvalue weighted by atomic mass is 79.9. The molecule has 1 rings (SSSR count). The van der Waals surface area contributed by atoms with Crippen molar-refractivity contribution in [1.82, 2.24) is 0 Å². The molecule has 0 radical (unpaired) electrons. The zero-order valence-electron chi connectivity index (χ0n) is 6.50. The summed E-state index contributed by atoms with van der Waals surface area (Å²) in [6.07, 6.45) is 1.62. The smallest absolute Gasteiger partial charge is 0.130 e. The normalized spacial score (nSPS) is 12.5. The largest absolute Gasteiger partial charge is 0.507 e. The van der Waals surface area contributed by atoms with Crippen LogP contribution in [0.5, 0.6) is 5.75 Å². The number of phenols is 1. The minimum absolute atomic E-state index is 0.199. The van der Waals surface area contributed by atoms with Gasteiger partial charge in [0.1, 0.15) is 5.75 Å². The Kier molecular flexibility index (Phi) is 2.89. The molecule has 12 heavy (non-hydrogen) atoms. The summed E-state index contributed by atoms with van der Waals surface area (Å²) in [6, 6.07) is 4.95. The van der Waals surface area contributed by atoms with E-state index in [0.29, 0.717) is 4.47 Å². The Morgan fingerprint density at radius 2 is 2.25 bits per heavy atom. The van der Waals surface area contributed by atoms with Crippen LogP contribution in [0.1, 0.15) is 11.6 Å². The fourth-order valence-electron chi connectivity index (χ4n) is 0.922. The molecule has 0 aliphatic carbocycles. The summed E-state index contributed by atoms with van der Waals surface area (Å²) >= 11 is 3.24. The molecule has 0 aliphatic rings. The summed E-state index contributed by atoms with van der Waals surface area (Å²) in [5.74, 6) is 0.199. The van der Waals surface area contributed by atoms with Gasteiger partial charge in [0, 0.05) is 6.04 Å². The van der Waals surface area contributed by atoms with Crippen molar-refractivity contribution in [1.29, 1.82) is 0 Å². The number of hydrogen-bond acceptors (Lipinski definition) is 2. The van der Waals surface area contributed by atoms with Crippen LogP contribution in [0.2, 0.25) is 0 Å². The number of nitrogens with two attached hydrogens (primary N) is 1. The first kappa shape index (κ1) is 9.29. The lowest BCUT2D eigenvalue weighted by molar-refractivity contribution is 0.470. The van der Waals surface area contributed by atoms with Gasteiger partial charge in [-0.3, -0.25) is 0 Å². The molecule has 0 saturated heterocycles. The molecule has 0 spiro atoms. The van der Waals surface area contributed by atoms with Crippen LogP contribution >= 0.6 is 15.9 Å². The highest BCUT2D eigenvalue weighted by Crippen LogP contribution is 2.30. The molecule has 0 fully saturated rings. The van der Waals surface area contributed by atoms with Gasteiger partial charge in [0.25, 0.3) is 0 Å². The maximum atomic E-state index is 9.31. The lowest BCUT2D eigenvalue weighted by Gasteiger charge is -2.09. The SMILES string of the molecule is C=CC(N)c1cccc(O)c1Br. The van der Waals surface area contributed by atoms with Crippen LogP contribution in [0.15, 0.2) is 35.3 Å². The van der Waals surface area contributed by atoms with Crippen molar-refractivity contribution >= 4 is 15.9 Å². The molecule has 1 atom stereocenters. The number of rotatable bonds is 2. The second kappa shape index (κ2) is 3.74. The van der Waals surface area contributed by atoms with Crippen molar-refractivity contribution in [3.63, 3.8) is 0 Å². The van der Waals surface area contributed by atoms with E-state index in [-0.39, 0.29) is 11.8 Å². The molecule has 64 valence electrons. The van der Waals surface area contributed by atoms with Gasteiger partial charge in [-0.1, -0.05) is 18.2 Å². The minimum Gasteiger partial charge on any atom is -0.507 e. The average Bonchev–Trinajstić information content (AvgIpc) is 2.08. The van der Waals surface area contributed by atoms with Crippen LogP contribution in [-0.2, 0) is 0 Å². The quantitative estimate of drug-likeness (QED) is 0.763. The molecule has 3 heteroatoms. The third-order valence-corrected chi connectivity index (χ3v) is 2.49. The van der Waals surface area contributed by atoms with Gasteiger partial charge in [-0.05, 0) is 27.6 Å². The predicted molar refractivity (Wildman–Crippen MR) is 52.9 cm³/mol. The van der Waals surface area contributed by atoms with Crippen molar-refractivity contribution in [3.05, 3.63) is 40.9 Å². The molecule has 3 N–H and O–H groups in total. The number of aromatic hydroxyl groups is 1. The van der Waals surface area contributed by atoms with Crippen LogP contribution in [0.25, 0.3) is 0 Å². The maximum Gasteiger partial charge on any atom is 0.130 e. The number of benzene rings is 1. The number of halogens is 1. The van der Waals surface area contributed by atoms with E-state index in [9.17, 15) is 5.11 Å². The lowest BCUT2D eigenvalue weighted by Crippen LogP contribution is -2.06. The van der Waals surface area contributed by atoms with E-state index < -0.39 is 0 Å². The van der Waals surface area contributed by atoms with E-state index in [1.54, 1.807) is 18.2 Å². The van der Waals surface area contributed by atoms with E-state index in [1.807, 2.05) is 6.07 Å². The predicted octanol–water partition coefficient (Wildman–Crippen LogP) is 2.34. The first-order valence-electron chi connectivity index (χ1n) is 3.52. The summed E-state index contributed by atoms with van der Waals surface area (Å²) in [4.78, 5) is 0. The minimum atomic E-state index is -0.244. The lowest BCUT2D eigenvalue weighted by atomic mass is 10.1. The first-order valence-corrected chi connectivity index (χ1v) is 4.31. The van der Waals surface area contributed by atoms with Gasteiger partial charge >= 0.3 is 0 Å². The summed E-state index contributed by atoms with van der Waals surface area (Å²) in [5, 5.41) is 9.31. The molecule has 1 unspecified atom stereocenters. The Morgan fingerprint density at radius 3 is 2.83 bits per heavy atom. The average molecular weight is 228 g/mol. The van der Waals surface area contributed by atoms with Gasteiger partial charge in [-0.25, -0.2) is 0 Å². The van der Waals surface area contributed by atoms with Gasteiger partial charge in [-0.15, -0.1) is 6.58 Å². The van der Waals surface area contributed by atoms with E-state index >= 15 is 0 Å². The zero-order chi connectivity index (χ0) is 9.14. The van der Waals surface area contributed by atoms with E-state index in [1.165, 1.54) is 0 Å². The van der Waals surface area contributed by atoms with Crippen LogP contribution in [-0.4, -0.2) is 5.11 Å². The van der Waals surface area contributed by atoms with E-state index in [4.69, 9.17) is 5.73 Å². The highest BCUT2D eigenvalue weighted by Gasteiger charge is 2.08. The second-order valence-electron chi connectivity index (χ2n) is 2.44.